The molecule has 0 fully saturated rings. The number of halogens is 4. The number of benzene rings is 1. The smallest absolute Gasteiger partial charge is 0.389 e. The molecule has 3 nitrogen and oxygen atoms in total. The summed E-state index contributed by atoms with van der Waals surface area (Å²) in [5.41, 5.74) is 0.390. The maximum absolute atomic E-state index is 12.3. The fourth-order valence-corrected chi connectivity index (χ4v) is 2.10. The highest BCUT2D eigenvalue weighted by atomic mass is 35.5. The third kappa shape index (κ3) is 4.37. The Morgan fingerprint density at radius 2 is 1.55 bits per heavy atom. The van der Waals surface area contributed by atoms with Crippen LogP contribution in [0.5, 0.6) is 17.2 Å². The fraction of sp³-hybridized carbons (Fsp3) is 0.538. The second-order valence-electron chi connectivity index (χ2n) is 4.07. The zero-order valence-corrected chi connectivity index (χ0v) is 12.1. The van der Waals surface area contributed by atoms with Crippen LogP contribution in [0.3, 0.4) is 0 Å². The zero-order chi connectivity index (χ0) is 15.3. The molecule has 1 aromatic carbocycles. The summed E-state index contributed by atoms with van der Waals surface area (Å²) in [5.74, 6) is 1.15. The van der Waals surface area contributed by atoms with Crippen LogP contribution in [0.25, 0.3) is 0 Å². The summed E-state index contributed by atoms with van der Waals surface area (Å²) in [7, 11) is 4.28. The lowest BCUT2D eigenvalue weighted by Crippen LogP contribution is -2.09. The van der Waals surface area contributed by atoms with Gasteiger partial charge in [0.25, 0.3) is 0 Å². The van der Waals surface area contributed by atoms with Gasteiger partial charge in [-0.1, -0.05) is 0 Å². The molecule has 0 aliphatic rings. The van der Waals surface area contributed by atoms with Gasteiger partial charge in [0.1, 0.15) is 17.2 Å². The third-order valence-corrected chi connectivity index (χ3v) is 3.18. The van der Waals surface area contributed by atoms with E-state index in [2.05, 4.69) is 0 Å². The standard InChI is InChI=1S/C13H16ClF3O3/c1-18-8-6-10(19-2)12(11(7-8)20-3)9(14)4-5-13(15,16)17/h6-7,9H,4-5H2,1-3H3. The van der Waals surface area contributed by atoms with Gasteiger partial charge in [-0.25, -0.2) is 0 Å². The first-order valence-corrected chi connectivity index (χ1v) is 6.26. The van der Waals surface area contributed by atoms with Crippen molar-refractivity contribution >= 4 is 11.6 Å². The molecule has 0 saturated carbocycles. The topological polar surface area (TPSA) is 27.7 Å². The monoisotopic (exact) mass is 312 g/mol. The number of hydrogen-bond acceptors (Lipinski definition) is 3. The Hall–Kier alpha value is -1.30. The molecule has 0 aliphatic carbocycles. The van der Waals surface area contributed by atoms with Crippen molar-refractivity contribution in [3.05, 3.63) is 17.7 Å². The van der Waals surface area contributed by atoms with Gasteiger partial charge in [0.15, 0.2) is 0 Å². The number of alkyl halides is 4. The van der Waals surface area contributed by atoms with Crippen LogP contribution in [0.2, 0.25) is 0 Å². The van der Waals surface area contributed by atoms with Crippen LogP contribution in [0.1, 0.15) is 23.8 Å². The lowest BCUT2D eigenvalue weighted by atomic mass is 10.0. The summed E-state index contributed by atoms with van der Waals surface area (Å²) in [6.07, 6.45) is -5.48. The van der Waals surface area contributed by atoms with Crippen LogP contribution in [0.15, 0.2) is 12.1 Å². The molecule has 0 spiro atoms. The number of ether oxygens (including phenoxy) is 3. The van der Waals surface area contributed by atoms with Gasteiger partial charge in [0.2, 0.25) is 0 Å². The Labute approximate surface area is 120 Å². The number of rotatable bonds is 6. The van der Waals surface area contributed by atoms with E-state index in [-0.39, 0.29) is 6.42 Å². The molecule has 0 heterocycles. The summed E-state index contributed by atoms with van der Waals surface area (Å²) in [6.45, 7) is 0. The van der Waals surface area contributed by atoms with Crippen molar-refractivity contribution in [2.75, 3.05) is 21.3 Å². The SMILES string of the molecule is COc1cc(OC)c(C(Cl)CCC(F)(F)F)c(OC)c1. The van der Waals surface area contributed by atoms with Crippen LogP contribution in [-0.2, 0) is 0 Å². The van der Waals surface area contributed by atoms with E-state index in [4.69, 9.17) is 25.8 Å². The van der Waals surface area contributed by atoms with Crippen molar-refractivity contribution in [2.45, 2.75) is 24.4 Å². The van der Waals surface area contributed by atoms with Crippen molar-refractivity contribution in [2.24, 2.45) is 0 Å². The molecule has 114 valence electrons. The van der Waals surface area contributed by atoms with Gasteiger partial charge < -0.3 is 14.2 Å². The molecular formula is C13H16ClF3O3. The number of hydrogen-bond donors (Lipinski definition) is 0. The highest BCUT2D eigenvalue weighted by Crippen LogP contribution is 2.43. The van der Waals surface area contributed by atoms with E-state index in [1.54, 1.807) is 12.1 Å². The fourth-order valence-electron chi connectivity index (χ4n) is 1.78. The van der Waals surface area contributed by atoms with Gasteiger partial charge in [0.05, 0.1) is 32.3 Å². The summed E-state index contributed by atoms with van der Waals surface area (Å²) in [5, 5.41) is -0.868. The van der Waals surface area contributed by atoms with Gasteiger partial charge in [-0.2, -0.15) is 13.2 Å². The predicted molar refractivity (Wildman–Crippen MR) is 70.0 cm³/mol. The average molecular weight is 313 g/mol. The molecule has 0 N–H and O–H groups in total. The molecule has 0 aliphatic heterocycles. The van der Waals surface area contributed by atoms with Gasteiger partial charge in [0, 0.05) is 18.6 Å². The van der Waals surface area contributed by atoms with E-state index in [0.29, 0.717) is 22.8 Å². The van der Waals surface area contributed by atoms with Crippen LogP contribution >= 0.6 is 11.6 Å². The maximum atomic E-state index is 12.3. The summed E-state index contributed by atoms with van der Waals surface area (Å²) in [6, 6.07) is 3.11. The summed E-state index contributed by atoms with van der Waals surface area (Å²) >= 11 is 6.07. The van der Waals surface area contributed by atoms with Crippen LogP contribution in [0, 0.1) is 0 Å². The predicted octanol–water partition coefficient (Wildman–Crippen LogP) is 4.33. The molecule has 1 unspecified atom stereocenters. The first-order chi connectivity index (χ1) is 9.32. The highest BCUT2D eigenvalue weighted by molar-refractivity contribution is 6.21. The lowest BCUT2D eigenvalue weighted by molar-refractivity contribution is -0.135. The molecule has 20 heavy (non-hydrogen) atoms. The Balaban J connectivity index is 3.08. The van der Waals surface area contributed by atoms with Crippen LogP contribution < -0.4 is 14.2 Å². The van der Waals surface area contributed by atoms with Gasteiger partial charge in [-0.05, 0) is 6.42 Å². The molecule has 1 rings (SSSR count). The van der Waals surface area contributed by atoms with Gasteiger partial charge in [-0.15, -0.1) is 11.6 Å². The first-order valence-electron chi connectivity index (χ1n) is 5.83. The molecule has 0 bridgehead atoms. The Bertz CT molecular complexity index is 424. The highest BCUT2D eigenvalue weighted by Gasteiger charge is 2.30. The van der Waals surface area contributed by atoms with Crippen molar-refractivity contribution < 1.29 is 27.4 Å². The molecule has 0 radical (unpaired) electrons. The van der Waals surface area contributed by atoms with Crippen LogP contribution in [-0.4, -0.2) is 27.5 Å². The summed E-state index contributed by atoms with van der Waals surface area (Å²) in [4.78, 5) is 0. The first kappa shape index (κ1) is 16.8. The third-order valence-electron chi connectivity index (χ3n) is 2.75. The lowest BCUT2D eigenvalue weighted by Gasteiger charge is -2.19. The van der Waals surface area contributed by atoms with Gasteiger partial charge in [-0.3, -0.25) is 0 Å². The zero-order valence-electron chi connectivity index (χ0n) is 11.4. The average Bonchev–Trinajstić information content (AvgIpc) is 2.42. The molecule has 0 saturated heterocycles. The maximum Gasteiger partial charge on any atom is 0.389 e. The van der Waals surface area contributed by atoms with E-state index in [1.807, 2.05) is 0 Å². The molecule has 1 aromatic rings. The molecule has 1 atom stereocenters. The number of methoxy groups -OCH3 is 3. The Morgan fingerprint density at radius 3 is 1.90 bits per heavy atom. The van der Waals surface area contributed by atoms with Crippen LogP contribution in [0.4, 0.5) is 13.2 Å². The molecule has 0 amide bonds. The Morgan fingerprint density at radius 1 is 1.05 bits per heavy atom. The quantitative estimate of drug-likeness (QED) is 0.732. The van der Waals surface area contributed by atoms with E-state index < -0.39 is 18.0 Å². The molecule has 7 heteroatoms. The molecular weight excluding hydrogens is 297 g/mol. The Kier molecular flexibility index (Phi) is 5.80. The van der Waals surface area contributed by atoms with Crippen molar-refractivity contribution in [1.29, 1.82) is 0 Å². The van der Waals surface area contributed by atoms with Gasteiger partial charge >= 0.3 is 6.18 Å². The van der Waals surface area contributed by atoms with Crippen molar-refractivity contribution in [1.82, 2.24) is 0 Å². The summed E-state index contributed by atoms with van der Waals surface area (Å²) < 4.78 is 52.2. The van der Waals surface area contributed by atoms with E-state index in [1.165, 1.54) is 21.3 Å². The second-order valence-corrected chi connectivity index (χ2v) is 4.59. The van der Waals surface area contributed by atoms with E-state index in [0.717, 1.165) is 0 Å². The van der Waals surface area contributed by atoms with E-state index in [9.17, 15) is 13.2 Å². The minimum atomic E-state index is -4.25. The minimum absolute atomic E-state index is 0.260. The minimum Gasteiger partial charge on any atom is -0.496 e. The molecule has 0 aromatic heterocycles. The second kappa shape index (κ2) is 6.92. The largest absolute Gasteiger partial charge is 0.496 e. The normalized spacial score (nSPS) is 12.9. The van der Waals surface area contributed by atoms with Crippen molar-refractivity contribution in [3.8, 4) is 17.2 Å². The van der Waals surface area contributed by atoms with Crippen molar-refractivity contribution in [3.63, 3.8) is 0 Å². The van der Waals surface area contributed by atoms with E-state index >= 15 is 0 Å².